The van der Waals surface area contributed by atoms with Crippen molar-refractivity contribution in [2.24, 2.45) is 0 Å². The summed E-state index contributed by atoms with van der Waals surface area (Å²) < 4.78 is 0. The van der Waals surface area contributed by atoms with Crippen molar-refractivity contribution in [3.63, 3.8) is 0 Å². The van der Waals surface area contributed by atoms with Crippen molar-refractivity contribution < 1.29 is 4.79 Å². The fourth-order valence-electron chi connectivity index (χ4n) is 1.30. The molecule has 0 saturated carbocycles. The van der Waals surface area contributed by atoms with Gasteiger partial charge in [0.05, 0.1) is 0 Å². The van der Waals surface area contributed by atoms with Crippen LogP contribution in [0, 0.1) is 18.3 Å². The summed E-state index contributed by atoms with van der Waals surface area (Å²) >= 11 is 1.57. The average Bonchev–Trinajstić information content (AvgIpc) is 2.72. The summed E-state index contributed by atoms with van der Waals surface area (Å²) in [5, 5.41) is 11.7. The molecule has 0 aliphatic rings. The number of nitrogens with zero attached hydrogens (tertiary/aromatic N) is 1. The summed E-state index contributed by atoms with van der Waals surface area (Å²) in [7, 11) is 0. The van der Waals surface area contributed by atoms with Gasteiger partial charge in [0.15, 0.2) is 0 Å². The second-order valence-electron chi connectivity index (χ2n) is 3.73. The van der Waals surface area contributed by atoms with Crippen molar-refractivity contribution in [3.8, 4) is 6.07 Å². The zero-order valence-electron chi connectivity index (χ0n) is 10.1. The highest BCUT2D eigenvalue weighted by Gasteiger charge is 2.08. The third-order valence-electron chi connectivity index (χ3n) is 2.23. The molecule has 1 N–H and O–H groups in total. The van der Waals surface area contributed by atoms with Crippen LogP contribution < -0.4 is 5.32 Å². The largest absolute Gasteiger partial charge is 0.351 e. The van der Waals surface area contributed by atoms with Gasteiger partial charge in [0.25, 0.3) is 5.91 Å². The summed E-state index contributed by atoms with van der Waals surface area (Å²) in [4.78, 5) is 13.8. The molecule has 90 valence electrons. The van der Waals surface area contributed by atoms with E-state index in [0.29, 0.717) is 6.54 Å². The molecule has 4 heteroatoms. The Morgan fingerprint density at radius 1 is 1.59 bits per heavy atom. The molecular weight excluding hydrogens is 232 g/mol. The summed E-state index contributed by atoms with van der Waals surface area (Å²) in [6.45, 7) is 4.68. The van der Waals surface area contributed by atoms with Gasteiger partial charge in [-0.1, -0.05) is 13.3 Å². The van der Waals surface area contributed by atoms with Gasteiger partial charge in [-0.25, -0.2) is 0 Å². The van der Waals surface area contributed by atoms with Gasteiger partial charge < -0.3 is 5.32 Å². The Morgan fingerprint density at radius 2 is 2.35 bits per heavy atom. The van der Waals surface area contributed by atoms with Crippen molar-refractivity contribution >= 4 is 23.3 Å². The van der Waals surface area contributed by atoms with Gasteiger partial charge in [-0.3, -0.25) is 4.79 Å². The van der Waals surface area contributed by atoms with E-state index in [1.54, 1.807) is 17.4 Å². The molecule has 0 atom stereocenters. The van der Waals surface area contributed by atoms with Gasteiger partial charge in [0.2, 0.25) is 0 Å². The molecule has 1 amide bonds. The van der Waals surface area contributed by atoms with Gasteiger partial charge in [0, 0.05) is 16.3 Å². The highest BCUT2D eigenvalue weighted by molar-refractivity contribution is 7.12. The minimum absolute atomic E-state index is 0.169. The van der Waals surface area contributed by atoms with E-state index in [4.69, 9.17) is 5.26 Å². The summed E-state index contributed by atoms with van der Waals surface area (Å²) in [5.74, 6) is -0.285. The summed E-state index contributed by atoms with van der Waals surface area (Å²) in [5.41, 5.74) is 0.169. The van der Waals surface area contributed by atoms with Gasteiger partial charge in [-0.15, -0.1) is 11.3 Å². The molecule has 0 spiro atoms. The van der Waals surface area contributed by atoms with Gasteiger partial charge in [-0.05, 0) is 31.6 Å². The molecule has 0 bridgehead atoms. The standard InChI is InChI=1S/C13H16N2OS/c1-3-4-7-15-13(16)11(9-14)8-12-6-5-10(2)17-12/h5-6,8H,3-4,7H2,1-2H3,(H,15,16)/b11-8+. The molecule has 0 aliphatic carbocycles. The van der Waals surface area contributed by atoms with E-state index in [1.807, 2.05) is 25.1 Å². The van der Waals surface area contributed by atoms with Crippen LogP contribution in [0.3, 0.4) is 0 Å². The first kappa shape index (κ1) is 13.5. The Labute approximate surface area is 106 Å². The summed E-state index contributed by atoms with van der Waals surface area (Å²) in [6.07, 6.45) is 3.59. The van der Waals surface area contributed by atoms with Crippen LogP contribution in [0.15, 0.2) is 17.7 Å². The molecule has 0 radical (unpaired) electrons. The fourth-order valence-corrected chi connectivity index (χ4v) is 2.12. The van der Waals surface area contributed by atoms with Crippen LogP contribution in [-0.4, -0.2) is 12.5 Å². The predicted octanol–water partition coefficient (Wildman–Crippen LogP) is 2.88. The number of unbranched alkanes of at least 4 members (excludes halogenated alkanes) is 1. The minimum atomic E-state index is -0.285. The second kappa shape index (κ2) is 6.87. The highest BCUT2D eigenvalue weighted by atomic mass is 32.1. The number of carbonyl (C=O) groups is 1. The van der Waals surface area contributed by atoms with Crippen LogP contribution in [0.25, 0.3) is 6.08 Å². The van der Waals surface area contributed by atoms with E-state index in [9.17, 15) is 4.79 Å². The van der Waals surface area contributed by atoms with Crippen molar-refractivity contribution in [1.29, 1.82) is 5.26 Å². The molecule has 3 nitrogen and oxygen atoms in total. The van der Waals surface area contributed by atoms with Crippen LogP contribution >= 0.6 is 11.3 Å². The van der Waals surface area contributed by atoms with Crippen molar-refractivity contribution in [1.82, 2.24) is 5.32 Å². The van der Waals surface area contributed by atoms with E-state index in [0.717, 1.165) is 17.7 Å². The van der Waals surface area contributed by atoms with E-state index in [2.05, 4.69) is 12.2 Å². The van der Waals surface area contributed by atoms with Gasteiger partial charge in [0.1, 0.15) is 11.6 Å². The summed E-state index contributed by atoms with van der Waals surface area (Å²) in [6, 6.07) is 5.83. The first-order valence-corrected chi connectivity index (χ1v) is 6.45. The molecule has 1 heterocycles. The number of nitrogens with one attached hydrogen (secondary N) is 1. The van der Waals surface area contributed by atoms with Crippen molar-refractivity contribution in [3.05, 3.63) is 27.5 Å². The number of amides is 1. The smallest absolute Gasteiger partial charge is 0.261 e. The number of nitriles is 1. The predicted molar refractivity (Wildman–Crippen MR) is 70.6 cm³/mol. The van der Waals surface area contributed by atoms with Gasteiger partial charge in [-0.2, -0.15) is 5.26 Å². The number of carbonyl (C=O) groups excluding carboxylic acids is 1. The monoisotopic (exact) mass is 248 g/mol. The van der Waals surface area contributed by atoms with Crippen LogP contribution in [0.2, 0.25) is 0 Å². The molecule has 17 heavy (non-hydrogen) atoms. The van der Waals surface area contributed by atoms with Crippen LogP contribution in [0.1, 0.15) is 29.5 Å². The third kappa shape index (κ3) is 4.41. The van der Waals surface area contributed by atoms with Crippen molar-refractivity contribution in [2.75, 3.05) is 6.54 Å². The maximum absolute atomic E-state index is 11.7. The number of rotatable bonds is 5. The zero-order valence-corrected chi connectivity index (χ0v) is 10.9. The molecule has 0 aromatic carbocycles. The second-order valence-corrected chi connectivity index (χ2v) is 5.05. The van der Waals surface area contributed by atoms with E-state index >= 15 is 0 Å². The first-order valence-electron chi connectivity index (χ1n) is 5.63. The van der Waals surface area contributed by atoms with Crippen LogP contribution in [0.4, 0.5) is 0 Å². The topological polar surface area (TPSA) is 52.9 Å². The zero-order chi connectivity index (χ0) is 12.7. The lowest BCUT2D eigenvalue weighted by atomic mass is 10.2. The van der Waals surface area contributed by atoms with Crippen LogP contribution in [0.5, 0.6) is 0 Å². The highest BCUT2D eigenvalue weighted by Crippen LogP contribution is 2.18. The molecular formula is C13H16N2OS. The Morgan fingerprint density at radius 3 is 2.88 bits per heavy atom. The minimum Gasteiger partial charge on any atom is -0.351 e. The first-order chi connectivity index (χ1) is 8.17. The SMILES string of the molecule is CCCCNC(=O)/C(C#N)=C/c1ccc(C)s1. The Hall–Kier alpha value is -1.60. The molecule has 1 aromatic heterocycles. The lowest BCUT2D eigenvalue weighted by molar-refractivity contribution is -0.117. The number of hydrogen-bond donors (Lipinski definition) is 1. The van der Waals surface area contributed by atoms with E-state index in [1.165, 1.54) is 4.88 Å². The maximum Gasteiger partial charge on any atom is 0.261 e. The lowest BCUT2D eigenvalue weighted by Crippen LogP contribution is -2.25. The van der Waals surface area contributed by atoms with Crippen LogP contribution in [-0.2, 0) is 4.79 Å². The van der Waals surface area contributed by atoms with E-state index in [-0.39, 0.29) is 11.5 Å². The normalized spacial score (nSPS) is 11.0. The Kier molecular flexibility index (Phi) is 5.44. The molecule has 1 rings (SSSR count). The van der Waals surface area contributed by atoms with E-state index < -0.39 is 0 Å². The Balaban J connectivity index is 2.68. The lowest BCUT2D eigenvalue weighted by Gasteiger charge is -2.01. The number of thiophene rings is 1. The Bertz CT molecular complexity index is 454. The quantitative estimate of drug-likeness (QED) is 0.495. The maximum atomic E-state index is 11.7. The molecule has 0 saturated heterocycles. The van der Waals surface area contributed by atoms with Gasteiger partial charge >= 0.3 is 0 Å². The third-order valence-corrected chi connectivity index (χ3v) is 3.18. The molecule has 0 aliphatic heterocycles. The molecule has 1 aromatic rings. The molecule has 0 unspecified atom stereocenters. The van der Waals surface area contributed by atoms with Crippen molar-refractivity contribution in [2.45, 2.75) is 26.7 Å². The fraction of sp³-hybridized carbons (Fsp3) is 0.385. The molecule has 0 fully saturated rings. The number of hydrogen-bond acceptors (Lipinski definition) is 3. The number of aryl methyl sites for hydroxylation is 1. The average molecular weight is 248 g/mol.